The lowest BCUT2D eigenvalue weighted by Crippen LogP contribution is -2.26. The highest BCUT2D eigenvalue weighted by molar-refractivity contribution is 7.16. The van der Waals surface area contributed by atoms with E-state index in [4.69, 9.17) is 0 Å². The Morgan fingerprint density at radius 1 is 1.32 bits per heavy atom. The maximum absolute atomic E-state index is 12.7. The number of rotatable bonds is 8. The zero-order chi connectivity index (χ0) is 22.6. The molecule has 4 N–H and O–H groups in total. The number of aromatic nitrogens is 3. The first-order valence-corrected chi connectivity index (χ1v) is 10.6. The number of aliphatic hydroxyl groups is 1. The van der Waals surface area contributed by atoms with Crippen molar-refractivity contribution in [3.05, 3.63) is 28.9 Å². The number of nitrogens with one attached hydrogen (secondary N) is 3. The van der Waals surface area contributed by atoms with E-state index in [1.54, 1.807) is 13.0 Å². The number of hydrogen-bond acceptors (Lipinski definition) is 8. The summed E-state index contributed by atoms with van der Waals surface area (Å²) < 4.78 is 38.0. The molecule has 0 aliphatic carbocycles. The van der Waals surface area contributed by atoms with Crippen molar-refractivity contribution in [1.82, 2.24) is 20.3 Å². The number of allylic oxidation sites excluding steroid dienone is 1. The van der Waals surface area contributed by atoms with Gasteiger partial charge in [0.1, 0.15) is 17.4 Å². The molecule has 0 saturated carbocycles. The smallest absolute Gasteiger partial charge is 0.395 e. The van der Waals surface area contributed by atoms with E-state index >= 15 is 0 Å². The van der Waals surface area contributed by atoms with E-state index in [1.165, 1.54) is 11.3 Å². The predicted octanol–water partition coefficient (Wildman–Crippen LogP) is 3.69. The Balaban J connectivity index is 2.01. The number of alkyl halides is 3. The summed E-state index contributed by atoms with van der Waals surface area (Å²) in [5.41, 5.74) is 1.89. The van der Waals surface area contributed by atoms with E-state index < -0.39 is 12.7 Å². The third-order valence-corrected chi connectivity index (χ3v) is 5.81. The fraction of sp³-hybridized carbons (Fsp3) is 0.450. The Morgan fingerprint density at radius 2 is 2.10 bits per heavy atom. The molecule has 0 bridgehead atoms. The summed E-state index contributed by atoms with van der Waals surface area (Å²) in [5.74, 6) is 0.291. The zero-order valence-electron chi connectivity index (χ0n) is 17.3. The zero-order valence-corrected chi connectivity index (χ0v) is 18.1. The summed E-state index contributed by atoms with van der Waals surface area (Å²) in [4.78, 5) is 14.1. The number of nitrogens with zero attached hydrogens (tertiary/aromatic N) is 3. The highest BCUT2D eigenvalue weighted by Gasteiger charge is 2.29. The van der Waals surface area contributed by atoms with E-state index in [2.05, 4.69) is 37.5 Å². The minimum Gasteiger partial charge on any atom is -0.395 e. The first-order valence-electron chi connectivity index (χ1n) is 9.80. The number of hydrogen-bond donors (Lipinski definition) is 4. The average Bonchev–Trinajstić information content (AvgIpc) is 3.32. The highest BCUT2D eigenvalue weighted by atomic mass is 32.1. The molecule has 1 aliphatic rings. The molecule has 2 aromatic rings. The summed E-state index contributed by atoms with van der Waals surface area (Å²) in [7, 11) is 0. The SMILES string of the molecule is C=Cc1sc(-c2c(C)nc(NCC(F)(F)F)nc2NC2CNC(CO)C2)nc1/C=C\C. The van der Waals surface area contributed by atoms with Crippen LogP contribution in [0.15, 0.2) is 12.7 Å². The molecule has 2 unspecified atom stereocenters. The van der Waals surface area contributed by atoms with Crippen molar-refractivity contribution in [2.24, 2.45) is 0 Å². The molecule has 168 valence electrons. The quantitative estimate of drug-likeness (QED) is 0.483. The van der Waals surface area contributed by atoms with Crippen LogP contribution in [0.5, 0.6) is 0 Å². The van der Waals surface area contributed by atoms with Crippen molar-refractivity contribution >= 4 is 35.3 Å². The number of halogens is 3. The maximum atomic E-state index is 12.7. The minimum absolute atomic E-state index is 0.00805. The van der Waals surface area contributed by atoms with Crippen LogP contribution in [0.1, 0.15) is 29.6 Å². The van der Waals surface area contributed by atoms with Crippen LogP contribution in [0.2, 0.25) is 0 Å². The standard InChI is InChI=1S/C20H25F3N6OS/c1-4-6-14-15(5-2)31-18(28-14)16-11(3)26-19(25-10-20(21,22)23)29-17(16)27-12-7-13(9-30)24-8-12/h4-6,12-13,24,30H,2,7-10H2,1,3H3,(H2,25,26,27,29)/b6-4-. The molecule has 3 rings (SSSR count). The van der Waals surface area contributed by atoms with E-state index in [0.717, 1.165) is 10.6 Å². The van der Waals surface area contributed by atoms with Crippen LogP contribution < -0.4 is 16.0 Å². The summed E-state index contributed by atoms with van der Waals surface area (Å²) in [6.07, 6.45) is 1.72. The van der Waals surface area contributed by atoms with Gasteiger partial charge >= 0.3 is 6.18 Å². The topological polar surface area (TPSA) is 95.0 Å². The van der Waals surface area contributed by atoms with Gasteiger partial charge in [-0.15, -0.1) is 11.3 Å². The molecule has 0 amide bonds. The van der Waals surface area contributed by atoms with Crippen LogP contribution in [0, 0.1) is 6.92 Å². The number of aliphatic hydroxyl groups excluding tert-OH is 1. The highest BCUT2D eigenvalue weighted by Crippen LogP contribution is 2.36. The van der Waals surface area contributed by atoms with E-state index in [9.17, 15) is 18.3 Å². The first-order chi connectivity index (χ1) is 14.7. The summed E-state index contributed by atoms with van der Waals surface area (Å²) in [5, 5.41) is 18.8. The van der Waals surface area contributed by atoms with Crippen LogP contribution >= 0.6 is 11.3 Å². The molecule has 2 atom stereocenters. The summed E-state index contributed by atoms with van der Waals surface area (Å²) in [6.45, 7) is 6.81. The molecule has 3 heterocycles. The van der Waals surface area contributed by atoms with E-state index in [0.29, 0.717) is 35.0 Å². The van der Waals surface area contributed by atoms with Crippen molar-refractivity contribution in [2.75, 3.05) is 30.3 Å². The van der Waals surface area contributed by atoms with Gasteiger partial charge in [-0.1, -0.05) is 12.7 Å². The van der Waals surface area contributed by atoms with Gasteiger partial charge in [0.2, 0.25) is 5.95 Å². The molecule has 1 fully saturated rings. The molecule has 0 aromatic carbocycles. The summed E-state index contributed by atoms with van der Waals surface area (Å²) >= 11 is 1.41. The Morgan fingerprint density at radius 3 is 2.71 bits per heavy atom. The van der Waals surface area contributed by atoms with Gasteiger partial charge in [-0.25, -0.2) is 9.97 Å². The molecule has 0 radical (unpaired) electrons. The van der Waals surface area contributed by atoms with Crippen LogP contribution in [0.3, 0.4) is 0 Å². The third kappa shape index (κ3) is 5.81. The molecule has 11 heteroatoms. The van der Waals surface area contributed by atoms with Crippen LogP contribution in [-0.4, -0.2) is 58.0 Å². The lowest BCUT2D eigenvalue weighted by molar-refractivity contribution is -0.115. The Bertz CT molecular complexity index is 959. The second-order valence-electron chi connectivity index (χ2n) is 7.16. The molecule has 1 saturated heterocycles. The van der Waals surface area contributed by atoms with Gasteiger partial charge < -0.3 is 21.1 Å². The summed E-state index contributed by atoms with van der Waals surface area (Å²) in [6, 6.07) is -0.0882. The molecule has 31 heavy (non-hydrogen) atoms. The second kappa shape index (κ2) is 9.75. The molecule has 7 nitrogen and oxygen atoms in total. The van der Waals surface area contributed by atoms with Gasteiger partial charge in [0.05, 0.1) is 28.4 Å². The van der Waals surface area contributed by atoms with Gasteiger partial charge in [-0.3, -0.25) is 0 Å². The Labute approximate surface area is 182 Å². The fourth-order valence-electron chi connectivity index (χ4n) is 3.33. The third-order valence-electron chi connectivity index (χ3n) is 4.72. The molecule has 1 aliphatic heterocycles. The van der Waals surface area contributed by atoms with Crippen molar-refractivity contribution in [2.45, 2.75) is 38.5 Å². The average molecular weight is 455 g/mol. The monoisotopic (exact) mass is 454 g/mol. The molecular weight excluding hydrogens is 429 g/mol. The fourth-order valence-corrected chi connectivity index (χ4v) is 4.33. The number of anilines is 2. The van der Waals surface area contributed by atoms with Gasteiger partial charge in [-0.05, 0) is 32.4 Å². The largest absolute Gasteiger partial charge is 0.405 e. The molecule has 0 spiro atoms. The lowest BCUT2D eigenvalue weighted by Gasteiger charge is -2.18. The van der Waals surface area contributed by atoms with E-state index in [1.807, 2.05) is 19.1 Å². The maximum Gasteiger partial charge on any atom is 0.405 e. The lowest BCUT2D eigenvalue weighted by atomic mass is 10.1. The number of thiazole rings is 1. The second-order valence-corrected chi connectivity index (χ2v) is 8.19. The Hall–Kier alpha value is -2.50. The molecular formula is C20H25F3N6OS. The van der Waals surface area contributed by atoms with Crippen LogP contribution in [0.25, 0.3) is 22.7 Å². The molecule has 2 aromatic heterocycles. The Kier molecular flexibility index (Phi) is 7.29. The van der Waals surface area contributed by atoms with Crippen molar-refractivity contribution < 1.29 is 18.3 Å². The van der Waals surface area contributed by atoms with Gasteiger partial charge in [0.25, 0.3) is 0 Å². The number of aryl methyl sites for hydroxylation is 1. The van der Waals surface area contributed by atoms with Crippen LogP contribution in [-0.2, 0) is 0 Å². The van der Waals surface area contributed by atoms with Crippen molar-refractivity contribution in [3.8, 4) is 10.6 Å². The van der Waals surface area contributed by atoms with Gasteiger partial charge in [-0.2, -0.15) is 18.2 Å². The van der Waals surface area contributed by atoms with Crippen LogP contribution in [0.4, 0.5) is 24.9 Å². The van der Waals surface area contributed by atoms with Gasteiger partial charge in [0, 0.05) is 18.6 Å². The first kappa shape index (κ1) is 23.2. The normalized spacial score (nSPS) is 19.2. The van der Waals surface area contributed by atoms with E-state index in [-0.39, 0.29) is 24.6 Å². The van der Waals surface area contributed by atoms with Gasteiger partial charge in [0.15, 0.2) is 0 Å². The van der Waals surface area contributed by atoms with Crippen molar-refractivity contribution in [1.29, 1.82) is 0 Å². The van der Waals surface area contributed by atoms with Crippen molar-refractivity contribution in [3.63, 3.8) is 0 Å². The minimum atomic E-state index is -4.39. The predicted molar refractivity (Wildman–Crippen MR) is 118 cm³/mol.